The molecule has 0 saturated carbocycles. The van der Waals surface area contributed by atoms with Crippen LogP contribution in [0.4, 0.5) is 5.69 Å². The van der Waals surface area contributed by atoms with E-state index >= 15 is 0 Å². The Morgan fingerprint density at radius 1 is 1.07 bits per heavy atom. The topological polar surface area (TPSA) is 51.1 Å². The molecule has 0 aliphatic carbocycles. The zero-order valence-electron chi connectivity index (χ0n) is 15.6. The third kappa shape index (κ3) is 3.97. The van der Waals surface area contributed by atoms with Crippen LogP contribution >= 0.6 is 0 Å². The van der Waals surface area contributed by atoms with Crippen molar-refractivity contribution in [1.82, 2.24) is 0 Å². The predicted molar refractivity (Wildman–Crippen MR) is 106 cm³/mol. The standard InChI is InChI=1S/C22H24N2O3/c1-16-5-4-6-18(13-16)24(22-7-2-3-10-23-22)15-19(25)17-8-9-20-21(14-17)27-12-11-26-20/h4-6,8-9,13-14H,2-3,7,10-12,15H2,1H3. The molecule has 2 aliphatic rings. The molecular formula is C22H24N2O3. The average molecular weight is 364 g/mol. The summed E-state index contributed by atoms with van der Waals surface area (Å²) in [6, 6.07) is 13.6. The summed E-state index contributed by atoms with van der Waals surface area (Å²) in [6.45, 7) is 4.21. The Labute approximate surface area is 159 Å². The highest BCUT2D eigenvalue weighted by atomic mass is 16.6. The van der Waals surface area contributed by atoms with E-state index in [0.717, 1.165) is 37.3 Å². The summed E-state index contributed by atoms with van der Waals surface area (Å²) in [6.07, 6.45) is 3.13. The van der Waals surface area contributed by atoms with Gasteiger partial charge in [0.25, 0.3) is 0 Å². The molecule has 4 rings (SSSR count). The fourth-order valence-electron chi connectivity index (χ4n) is 3.48. The lowest BCUT2D eigenvalue weighted by atomic mass is 10.1. The van der Waals surface area contributed by atoms with Crippen LogP contribution in [0.5, 0.6) is 11.5 Å². The summed E-state index contributed by atoms with van der Waals surface area (Å²) >= 11 is 0. The maximum Gasteiger partial charge on any atom is 0.182 e. The second-order valence-corrected chi connectivity index (χ2v) is 6.96. The van der Waals surface area contributed by atoms with Gasteiger partial charge < -0.3 is 14.4 Å². The monoisotopic (exact) mass is 364 g/mol. The highest BCUT2D eigenvalue weighted by Crippen LogP contribution is 2.31. The molecule has 27 heavy (non-hydrogen) atoms. The van der Waals surface area contributed by atoms with Crippen LogP contribution in [0.2, 0.25) is 0 Å². The van der Waals surface area contributed by atoms with Gasteiger partial charge in [0, 0.05) is 24.2 Å². The van der Waals surface area contributed by atoms with Crippen molar-refractivity contribution in [2.45, 2.75) is 26.2 Å². The van der Waals surface area contributed by atoms with Crippen molar-refractivity contribution in [3.8, 4) is 11.5 Å². The Bertz CT molecular complexity index is 876. The number of rotatable bonds is 4. The van der Waals surface area contributed by atoms with Crippen molar-refractivity contribution in [3.63, 3.8) is 0 Å². The molecule has 2 aliphatic heterocycles. The highest BCUT2D eigenvalue weighted by Gasteiger charge is 2.21. The van der Waals surface area contributed by atoms with Crippen molar-refractivity contribution in [2.75, 3.05) is 31.2 Å². The number of aryl methyl sites for hydroxylation is 1. The number of ketones is 1. The second-order valence-electron chi connectivity index (χ2n) is 6.96. The third-order valence-electron chi connectivity index (χ3n) is 4.89. The molecule has 0 spiro atoms. The molecule has 2 heterocycles. The van der Waals surface area contributed by atoms with Gasteiger partial charge >= 0.3 is 0 Å². The van der Waals surface area contributed by atoms with E-state index in [1.807, 2.05) is 24.3 Å². The lowest BCUT2D eigenvalue weighted by Crippen LogP contribution is -2.37. The predicted octanol–water partition coefficient (Wildman–Crippen LogP) is 4.04. The quantitative estimate of drug-likeness (QED) is 0.769. The Kier molecular flexibility index (Phi) is 5.10. The molecule has 5 heteroatoms. The minimum Gasteiger partial charge on any atom is -0.486 e. The van der Waals surface area contributed by atoms with Crippen LogP contribution in [0.15, 0.2) is 47.5 Å². The maximum atomic E-state index is 13.0. The number of fused-ring (bicyclic) bond motifs is 1. The minimum atomic E-state index is 0.0433. The van der Waals surface area contributed by atoms with E-state index in [9.17, 15) is 4.79 Å². The third-order valence-corrected chi connectivity index (χ3v) is 4.89. The molecule has 2 aromatic rings. The Morgan fingerprint density at radius 2 is 1.93 bits per heavy atom. The molecule has 0 N–H and O–H groups in total. The Morgan fingerprint density at radius 3 is 2.70 bits per heavy atom. The van der Waals surface area contributed by atoms with Gasteiger partial charge in [-0.25, -0.2) is 0 Å². The number of anilines is 1. The van der Waals surface area contributed by atoms with E-state index in [2.05, 4.69) is 24.0 Å². The van der Waals surface area contributed by atoms with Gasteiger partial charge in [-0.2, -0.15) is 0 Å². The van der Waals surface area contributed by atoms with Gasteiger partial charge in [-0.05, 0) is 55.7 Å². The first-order chi connectivity index (χ1) is 13.2. The molecule has 140 valence electrons. The van der Waals surface area contributed by atoms with Gasteiger partial charge in [0.1, 0.15) is 19.0 Å². The number of benzene rings is 2. The van der Waals surface area contributed by atoms with E-state index in [4.69, 9.17) is 14.5 Å². The molecule has 0 aromatic heterocycles. The SMILES string of the molecule is Cc1cccc(N(CC(=O)c2ccc3c(c2)OCCO3)C2=NCCCC2)c1. The normalized spacial score (nSPS) is 15.8. The highest BCUT2D eigenvalue weighted by molar-refractivity contribution is 6.07. The number of carbonyl (C=O) groups excluding carboxylic acids is 1. The summed E-state index contributed by atoms with van der Waals surface area (Å²) in [5.74, 6) is 2.38. The van der Waals surface area contributed by atoms with E-state index in [0.29, 0.717) is 30.3 Å². The Hall–Kier alpha value is -2.82. The molecule has 0 radical (unpaired) electrons. The summed E-state index contributed by atoms with van der Waals surface area (Å²) in [5.41, 5.74) is 2.82. The zero-order valence-corrected chi connectivity index (χ0v) is 15.6. The number of amidine groups is 1. The lowest BCUT2D eigenvalue weighted by molar-refractivity contribution is 0.100. The van der Waals surface area contributed by atoms with Crippen LogP contribution in [0.3, 0.4) is 0 Å². The molecule has 0 atom stereocenters. The van der Waals surface area contributed by atoms with Crippen LogP contribution < -0.4 is 14.4 Å². The van der Waals surface area contributed by atoms with Gasteiger partial charge in [0.2, 0.25) is 0 Å². The van der Waals surface area contributed by atoms with E-state index in [1.165, 1.54) is 5.56 Å². The fourth-order valence-corrected chi connectivity index (χ4v) is 3.48. The number of nitrogens with zero attached hydrogens (tertiary/aromatic N) is 2. The first-order valence-electron chi connectivity index (χ1n) is 9.51. The summed E-state index contributed by atoms with van der Waals surface area (Å²) in [7, 11) is 0. The number of hydrogen-bond acceptors (Lipinski definition) is 5. The Balaban J connectivity index is 1.61. The average Bonchev–Trinajstić information content (AvgIpc) is 2.72. The van der Waals surface area contributed by atoms with Crippen molar-refractivity contribution in [2.24, 2.45) is 4.99 Å². The van der Waals surface area contributed by atoms with Crippen LogP contribution in [0, 0.1) is 6.92 Å². The lowest BCUT2D eigenvalue weighted by Gasteiger charge is -2.28. The van der Waals surface area contributed by atoms with Crippen molar-refractivity contribution < 1.29 is 14.3 Å². The van der Waals surface area contributed by atoms with Gasteiger partial charge in [-0.1, -0.05) is 12.1 Å². The van der Waals surface area contributed by atoms with Crippen LogP contribution in [-0.2, 0) is 0 Å². The number of carbonyl (C=O) groups is 1. The number of Topliss-reactive ketones (excluding diaryl/α,β-unsaturated/α-hetero) is 1. The van der Waals surface area contributed by atoms with Gasteiger partial charge in [0.05, 0.1) is 6.54 Å². The number of hydrogen-bond donors (Lipinski definition) is 0. The van der Waals surface area contributed by atoms with Crippen molar-refractivity contribution in [1.29, 1.82) is 0 Å². The first kappa shape index (κ1) is 17.6. The van der Waals surface area contributed by atoms with Gasteiger partial charge in [-0.3, -0.25) is 9.79 Å². The van der Waals surface area contributed by atoms with Crippen LogP contribution in [-0.4, -0.2) is 37.9 Å². The maximum absolute atomic E-state index is 13.0. The number of ether oxygens (including phenoxy) is 2. The molecule has 0 unspecified atom stereocenters. The molecule has 0 fully saturated rings. The van der Waals surface area contributed by atoms with Gasteiger partial charge in [-0.15, -0.1) is 0 Å². The van der Waals surface area contributed by atoms with E-state index < -0.39 is 0 Å². The molecule has 0 saturated heterocycles. The molecule has 0 bridgehead atoms. The van der Waals surface area contributed by atoms with Crippen LogP contribution in [0.1, 0.15) is 35.2 Å². The second kappa shape index (κ2) is 7.82. The zero-order chi connectivity index (χ0) is 18.6. The largest absolute Gasteiger partial charge is 0.486 e. The number of aliphatic imine (C=N–C) groups is 1. The minimum absolute atomic E-state index is 0.0433. The van der Waals surface area contributed by atoms with Crippen molar-refractivity contribution >= 4 is 17.3 Å². The summed E-state index contributed by atoms with van der Waals surface area (Å²) in [5, 5.41) is 0. The fraction of sp³-hybridized carbons (Fsp3) is 0.364. The summed E-state index contributed by atoms with van der Waals surface area (Å²) in [4.78, 5) is 19.8. The molecular weight excluding hydrogens is 340 g/mol. The smallest absolute Gasteiger partial charge is 0.182 e. The van der Waals surface area contributed by atoms with E-state index in [-0.39, 0.29) is 12.3 Å². The molecule has 2 aromatic carbocycles. The van der Waals surface area contributed by atoms with Gasteiger partial charge in [0.15, 0.2) is 17.3 Å². The molecule has 0 amide bonds. The van der Waals surface area contributed by atoms with E-state index in [1.54, 1.807) is 6.07 Å². The summed E-state index contributed by atoms with van der Waals surface area (Å²) < 4.78 is 11.2. The molecule has 5 nitrogen and oxygen atoms in total. The first-order valence-corrected chi connectivity index (χ1v) is 9.51. The van der Waals surface area contributed by atoms with Crippen molar-refractivity contribution in [3.05, 3.63) is 53.6 Å². The van der Waals surface area contributed by atoms with Crippen LogP contribution in [0.25, 0.3) is 0 Å².